The van der Waals surface area contributed by atoms with Gasteiger partial charge in [0.1, 0.15) is 5.92 Å². The molecule has 1 atom stereocenters. The van der Waals surface area contributed by atoms with Crippen LogP contribution in [-0.2, 0) is 16.1 Å². The summed E-state index contributed by atoms with van der Waals surface area (Å²) in [7, 11) is 0. The molecule has 3 aromatic rings. The molecule has 7 heteroatoms. The highest BCUT2D eigenvalue weighted by atomic mass is 16.7. The fourth-order valence-corrected chi connectivity index (χ4v) is 3.71. The Balaban J connectivity index is 1.90. The molecule has 29 heavy (non-hydrogen) atoms. The molecule has 1 aliphatic heterocycles. The minimum atomic E-state index is -0.991. The van der Waals surface area contributed by atoms with Crippen molar-refractivity contribution in [1.82, 2.24) is 4.57 Å². The van der Waals surface area contributed by atoms with Crippen molar-refractivity contribution < 1.29 is 28.9 Å². The van der Waals surface area contributed by atoms with Gasteiger partial charge in [-0.05, 0) is 49.2 Å². The van der Waals surface area contributed by atoms with E-state index >= 15 is 0 Å². The highest BCUT2D eigenvalue weighted by Gasteiger charge is 2.29. The Kier molecular flexibility index (Phi) is 4.88. The first-order chi connectivity index (χ1) is 14.0. The number of benzene rings is 2. The van der Waals surface area contributed by atoms with Crippen molar-refractivity contribution in [3.05, 3.63) is 59.3 Å². The van der Waals surface area contributed by atoms with E-state index in [1.807, 2.05) is 23.8 Å². The zero-order valence-electron chi connectivity index (χ0n) is 16.2. The highest BCUT2D eigenvalue weighted by molar-refractivity contribution is 5.97. The Morgan fingerprint density at radius 2 is 1.93 bits per heavy atom. The minimum absolute atomic E-state index is 0.149. The largest absolute Gasteiger partial charge is 0.478 e. The Morgan fingerprint density at radius 1 is 1.14 bits per heavy atom. The van der Waals surface area contributed by atoms with E-state index in [2.05, 4.69) is 0 Å². The molecule has 0 amide bonds. The van der Waals surface area contributed by atoms with E-state index in [1.165, 1.54) is 0 Å². The average molecular weight is 395 g/mol. The maximum Gasteiger partial charge on any atom is 0.335 e. The number of carboxylic acids is 1. The van der Waals surface area contributed by atoms with Gasteiger partial charge >= 0.3 is 11.9 Å². The molecule has 2 heterocycles. The van der Waals surface area contributed by atoms with Gasteiger partial charge in [0.25, 0.3) is 0 Å². The Hall–Kier alpha value is -3.48. The number of aromatic nitrogens is 1. The zero-order chi connectivity index (χ0) is 20.5. The third kappa shape index (κ3) is 3.29. The first-order valence-corrected chi connectivity index (χ1v) is 9.45. The molecule has 7 nitrogen and oxygen atoms in total. The van der Waals surface area contributed by atoms with Gasteiger partial charge < -0.3 is 23.9 Å². The summed E-state index contributed by atoms with van der Waals surface area (Å²) in [4.78, 5) is 24.4. The fraction of sp³-hybridized carbons (Fsp3) is 0.273. The van der Waals surface area contributed by atoms with E-state index in [9.17, 15) is 14.7 Å². The number of carboxylic acid groups (broad SMARTS) is 1. The van der Waals surface area contributed by atoms with Gasteiger partial charge in [-0.15, -0.1) is 0 Å². The quantitative estimate of drug-likeness (QED) is 0.639. The predicted octanol–water partition coefficient (Wildman–Crippen LogP) is 3.78. The average Bonchev–Trinajstić information content (AvgIpc) is 3.32. The van der Waals surface area contributed by atoms with E-state index in [4.69, 9.17) is 14.2 Å². The molecule has 1 N–H and O–H groups in total. The number of fused-ring (bicyclic) bond motifs is 2. The van der Waals surface area contributed by atoms with Gasteiger partial charge in [-0.3, -0.25) is 4.79 Å². The normalized spacial score (nSPS) is 13.4. The van der Waals surface area contributed by atoms with Crippen LogP contribution >= 0.6 is 0 Å². The first kappa shape index (κ1) is 18.9. The van der Waals surface area contributed by atoms with Gasteiger partial charge in [-0.1, -0.05) is 12.1 Å². The van der Waals surface area contributed by atoms with Crippen LogP contribution in [0.3, 0.4) is 0 Å². The molecule has 0 spiro atoms. The van der Waals surface area contributed by atoms with Gasteiger partial charge in [0, 0.05) is 23.6 Å². The van der Waals surface area contributed by atoms with E-state index in [0.29, 0.717) is 18.0 Å². The highest BCUT2D eigenvalue weighted by Crippen LogP contribution is 2.39. The maximum atomic E-state index is 13.0. The zero-order valence-corrected chi connectivity index (χ0v) is 16.2. The molecule has 1 aliphatic rings. The lowest BCUT2D eigenvalue weighted by molar-refractivity contribution is -0.143. The number of aryl methyl sites for hydroxylation is 1. The van der Waals surface area contributed by atoms with Gasteiger partial charge in [0.2, 0.25) is 6.79 Å². The van der Waals surface area contributed by atoms with Crippen molar-refractivity contribution in [2.75, 3.05) is 13.4 Å². The van der Waals surface area contributed by atoms with Crippen molar-refractivity contribution in [2.24, 2.45) is 0 Å². The van der Waals surface area contributed by atoms with Crippen LogP contribution in [0.15, 0.2) is 42.6 Å². The summed E-state index contributed by atoms with van der Waals surface area (Å²) in [5.74, 6) is -0.808. The van der Waals surface area contributed by atoms with Gasteiger partial charge in [0.05, 0.1) is 12.2 Å². The van der Waals surface area contributed by atoms with Crippen molar-refractivity contribution in [3.63, 3.8) is 0 Å². The monoisotopic (exact) mass is 395 g/mol. The summed E-state index contributed by atoms with van der Waals surface area (Å²) in [6.07, 6.45) is 1.89. The van der Waals surface area contributed by atoms with E-state index in [1.54, 1.807) is 37.3 Å². The number of rotatable bonds is 6. The Labute approximate surface area is 167 Å². The van der Waals surface area contributed by atoms with Crippen molar-refractivity contribution >= 4 is 22.8 Å². The molecule has 0 saturated heterocycles. The number of hydrogen-bond acceptors (Lipinski definition) is 5. The smallest absolute Gasteiger partial charge is 0.335 e. The van der Waals surface area contributed by atoms with Gasteiger partial charge in [0.15, 0.2) is 11.5 Å². The summed E-state index contributed by atoms with van der Waals surface area (Å²) < 4.78 is 18.2. The van der Waals surface area contributed by atoms with Crippen molar-refractivity contribution in [2.45, 2.75) is 26.3 Å². The molecular weight excluding hydrogens is 374 g/mol. The number of nitrogens with zero attached hydrogens (tertiary/aromatic N) is 1. The second-order valence-electron chi connectivity index (χ2n) is 6.71. The SMILES string of the molecule is CCOC(=O)C(c1ccc2c(c1)OCO2)c1cn(CC)c2cc(C(=O)O)ccc12. The molecule has 2 aromatic carbocycles. The van der Waals surface area contributed by atoms with Gasteiger partial charge in [-0.2, -0.15) is 0 Å². The van der Waals surface area contributed by atoms with Crippen molar-refractivity contribution in [3.8, 4) is 11.5 Å². The van der Waals surface area contributed by atoms with Crippen molar-refractivity contribution in [1.29, 1.82) is 0 Å². The molecule has 0 fully saturated rings. The summed E-state index contributed by atoms with van der Waals surface area (Å²) in [6, 6.07) is 10.3. The maximum absolute atomic E-state index is 13.0. The number of carbonyl (C=O) groups excluding carboxylic acids is 1. The van der Waals surface area contributed by atoms with Crippen LogP contribution in [0, 0.1) is 0 Å². The number of esters is 1. The molecule has 1 unspecified atom stereocenters. The summed E-state index contributed by atoms with van der Waals surface area (Å²) in [5, 5.41) is 10.2. The van der Waals surface area contributed by atoms with E-state index in [-0.39, 0.29) is 24.9 Å². The summed E-state index contributed by atoms with van der Waals surface area (Å²) >= 11 is 0. The first-order valence-electron chi connectivity index (χ1n) is 9.45. The van der Waals surface area contributed by atoms with E-state index in [0.717, 1.165) is 22.0 Å². The number of aromatic carboxylic acids is 1. The predicted molar refractivity (Wildman–Crippen MR) is 106 cm³/mol. The third-order valence-corrected chi connectivity index (χ3v) is 5.06. The number of ether oxygens (including phenoxy) is 3. The molecule has 0 aliphatic carbocycles. The molecule has 1 aromatic heterocycles. The topological polar surface area (TPSA) is 87.0 Å². The standard InChI is InChI=1S/C22H21NO6/c1-3-23-11-16(15-7-5-14(21(24)25)9-17(15)23)20(22(26)27-4-2)13-6-8-18-19(10-13)29-12-28-18/h5-11,20H,3-4,12H2,1-2H3,(H,24,25). The Bertz CT molecular complexity index is 1100. The molecule has 0 bridgehead atoms. The Morgan fingerprint density at radius 3 is 2.66 bits per heavy atom. The molecule has 0 radical (unpaired) electrons. The summed E-state index contributed by atoms with van der Waals surface area (Å²) in [6.45, 7) is 4.78. The second-order valence-corrected chi connectivity index (χ2v) is 6.71. The fourth-order valence-electron chi connectivity index (χ4n) is 3.71. The lowest BCUT2D eigenvalue weighted by Crippen LogP contribution is -2.17. The number of carbonyl (C=O) groups is 2. The molecule has 150 valence electrons. The second kappa shape index (κ2) is 7.50. The molecule has 4 rings (SSSR count). The van der Waals surface area contributed by atoms with Crippen LogP contribution in [0.1, 0.15) is 41.3 Å². The van der Waals surface area contributed by atoms with Crippen LogP contribution in [0.25, 0.3) is 10.9 Å². The molecular formula is C22H21NO6. The van der Waals surface area contributed by atoms with E-state index < -0.39 is 11.9 Å². The lowest BCUT2D eigenvalue weighted by Gasteiger charge is -2.16. The molecule has 0 saturated carbocycles. The number of hydrogen-bond donors (Lipinski definition) is 1. The van der Waals surface area contributed by atoms with Crippen LogP contribution in [0.2, 0.25) is 0 Å². The summed E-state index contributed by atoms with van der Waals surface area (Å²) in [5.41, 5.74) is 2.45. The third-order valence-electron chi connectivity index (χ3n) is 5.06. The van der Waals surface area contributed by atoms with Crippen LogP contribution < -0.4 is 9.47 Å². The lowest BCUT2D eigenvalue weighted by atomic mass is 9.90. The van der Waals surface area contributed by atoms with Crippen LogP contribution in [-0.4, -0.2) is 35.0 Å². The van der Waals surface area contributed by atoms with Crippen LogP contribution in [0.4, 0.5) is 0 Å². The minimum Gasteiger partial charge on any atom is -0.478 e. The van der Waals surface area contributed by atoms with Gasteiger partial charge in [-0.25, -0.2) is 4.79 Å². The van der Waals surface area contributed by atoms with Crippen LogP contribution in [0.5, 0.6) is 11.5 Å².